The molecular formula is C22H27N3O2S. The highest BCUT2D eigenvalue weighted by Gasteiger charge is 2.17. The summed E-state index contributed by atoms with van der Waals surface area (Å²) in [7, 11) is 1.66. The molecule has 6 heteroatoms. The van der Waals surface area contributed by atoms with Crippen molar-refractivity contribution in [3.63, 3.8) is 0 Å². The molecule has 1 amide bonds. The van der Waals surface area contributed by atoms with Crippen LogP contribution >= 0.6 is 12.2 Å². The second-order valence-corrected chi connectivity index (χ2v) is 7.32. The van der Waals surface area contributed by atoms with Crippen molar-refractivity contribution >= 4 is 28.9 Å². The quantitative estimate of drug-likeness (QED) is 0.725. The number of likely N-dealkylation sites (tertiary alicyclic amines) is 1. The molecule has 1 saturated heterocycles. The maximum Gasteiger partial charge on any atom is 0.253 e. The van der Waals surface area contributed by atoms with Crippen LogP contribution in [0.15, 0.2) is 48.5 Å². The third-order valence-electron chi connectivity index (χ3n) is 4.89. The molecule has 0 spiro atoms. The van der Waals surface area contributed by atoms with Gasteiger partial charge in [0.25, 0.3) is 5.91 Å². The van der Waals surface area contributed by atoms with Crippen molar-refractivity contribution in [3.05, 3.63) is 59.7 Å². The Morgan fingerprint density at radius 1 is 1.04 bits per heavy atom. The molecule has 0 aliphatic carbocycles. The number of hydrogen-bond acceptors (Lipinski definition) is 3. The first kappa shape index (κ1) is 20.1. The third-order valence-corrected chi connectivity index (χ3v) is 5.14. The molecule has 0 saturated carbocycles. The minimum absolute atomic E-state index is 0.117. The Labute approximate surface area is 172 Å². The molecule has 2 aromatic rings. The fourth-order valence-corrected chi connectivity index (χ4v) is 3.48. The third kappa shape index (κ3) is 5.70. The number of rotatable bonds is 6. The van der Waals surface area contributed by atoms with Gasteiger partial charge in [-0.2, -0.15) is 0 Å². The SMILES string of the molecule is COc1ccc(CCNC(=S)Nc2ccc(C(=O)N3CCCCC3)cc2)cc1. The largest absolute Gasteiger partial charge is 0.497 e. The maximum absolute atomic E-state index is 12.5. The highest BCUT2D eigenvalue weighted by Crippen LogP contribution is 2.15. The van der Waals surface area contributed by atoms with Crippen LogP contribution in [-0.2, 0) is 6.42 Å². The first-order chi connectivity index (χ1) is 13.7. The van der Waals surface area contributed by atoms with Gasteiger partial charge in [-0.25, -0.2) is 0 Å². The number of methoxy groups -OCH3 is 1. The van der Waals surface area contributed by atoms with Gasteiger partial charge in [-0.1, -0.05) is 12.1 Å². The van der Waals surface area contributed by atoms with Crippen LogP contribution in [0.3, 0.4) is 0 Å². The molecule has 2 aromatic carbocycles. The normalized spacial score (nSPS) is 13.7. The monoisotopic (exact) mass is 397 g/mol. The Bertz CT molecular complexity index is 784. The molecule has 0 atom stereocenters. The lowest BCUT2D eigenvalue weighted by molar-refractivity contribution is 0.0724. The number of piperidine rings is 1. The average molecular weight is 398 g/mol. The van der Waals surface area contributed by atoms with Gasteiger partial charge in [0, 0.05) is 30.9 Å². The van der Waals surface area contributed by atoms with Crippen LogP contribution in [-0.4, -0.2) is 42.7 Å². The van der Waals surface area contributed by atoms with Crippen molar-refractivity contribution in [2.75, 3.05) is 32.1 Å². The fourth-order valence-electron chi connectivity index (χ4n) is 3.26. The molecule has 0 unspecified atom stereocenters. The first-order valence-corrected chi connectivity index (χ1v) is 10.1. The summed E-state index contributed by atoms with van der Waals surface area (Å²) < 4.78 is 5.17. The van der Waals surface area contributed by atoms with E-state index < -0.39 is 0 Å². The highest BCUT2D eigenvalue weighted by atomic mass is 32.1. The first-order valence-electron chi connectivity index (χ1n) is 9.73. The molecule has 1 fully saturated rings. The Morgan fingerprint density at radius 2 is 1.71 bits per heavy atom. The molecule has 1 heterocycles. The van der Waals surface area contributed by atoms with E-state index in [4.69, 9.17) is 17.0 Å². The predicted molar refractivity (Wildman–Crippen MR) is 117 cm³/mol. The lowest BCUT2D eigenvalue weighted by Crippen LogP contribution is -2.35. The molecular weight excluding hydrogens is 370 g/mol. The summed E-state index contributed by atoms with van der Waals surface area (Å²) in [6, 6.07) is 15.5. The number of hydrogen-bond donors (Lipinski definition) is 2. The highest BCUT2D eigenvalue weighted by molar-refractivity contribution is 7.80. The number of anilines is 1. The van der Waals surface area contributed by atoms with Crippen molar-refractivity contribution in [3.8, 4) is 5.75 Å². The van der Waals surface area contributed by atoms with Gasteiger partial charge in [-0.15, -0.1) is 0 Å². The second kappa shape index (κ2) is 10.1. The van der Waals surface area contributed by atoms with Crippen LogP contribution < -0.4 is 15.4 Å². The van der Waals surface area contributed by atoms with Crippen molar-refractivity contribution in [1.82, 2.24) is 10.2 Å². The molecule has 2 N–H and O–H groups in total. The Balaban J connectivity index is 1.44. The van der Waals surface area contributed by atoms with E-state index in [2.05, 4.69) is 22.8 Å². The fraction of sp³-hybridized carbons (Fsp3) is 0.364. The summed E-state index contributed by atoms with van der Waals surface area (Å²) in [5, 5.41) is 6.95. The number of nitrogens with zero attached hydrogens (tertiary/aromatic N) is 1. The molecule has 0 radical (unpaired) electrons. The maximum atomic E-state index is 12.5. The zero-order valence-electron chi connectivity index (χ0n) is 16.2. The van der Waals surface area contributed by atoms with Crippen LogP contribution in [0.1, 0.15) is 35.2 Å². The van der Waals surface area contributed by atoms with Gasteiger partial charge in [0.2, 0.25) is 0 Å². The van der Waals surface area contributed by atoms with E-state index in [1.54, 1.807) is 7.11 Å². The van der Waals surface area contributed by atoms with Gasteiger partial charge in [0.15, 0.2) is 5.11 Å². The molecule has 0 aromatic heterocycles. The van der Waals surface area contributed by atoms with Crippen molar-refractivity contribution in [1.29, 1.82) is 0 Å². The summed E-state index contributed by atoms with van der Waals surface area (Å²) in [6.45, 7) is 2.46. The molecule has 5 nitrogen and oxygen atoms in total. The number of amides is 1. The van der Waals surface area contributed by atoms with E-state index in [-0.39, 0.29) is 5.91 Å². The molecule has 1 aliphatic heterocycles. The minimum Gasteiger partial charge on any atom is -0.497 e. The second-order valence-electron chi connectivity index (χ2n) is 6.91. The van der Waals surface area contributed by atoms with Gasteiger partial charge in [0.05, 0.1) is 7.11 Å². The van der Waals surface area contributed by atoms with E-state index in [1.807, 2.05) is 41.3 Å². The van der Waals surface area contributed by atoms with E-state index in [9.17, 15) is 4.79 Å². The Kier molecular flexibility index (Phi) is 7.25. The number of benzene rings is 2. The summed E-state index contributed by atoms with van der Waals surface area (Å²) in [4.78, 5) is 14.5. The van der Waals surface area contributed by atoms with Crippen molar-refractivity contribution < 1.29 is 9.53 Å². The molecule has 28 heavy (non-hydrogen) atoms. The number of nitrogens with one attached hydrogen (secondary N) is 2. The van der Waals surface area contributed by atoms with Gasteiger partial charge < -0.3 is 20.3 Å². The number of ether oxygens (including phenoxy) is 1. The van der Waals surface area contributed by atoms with Crippen LogP contribution in [0.25, 0.3) is 0 Å². The van der Waals surface area contributed by atoms with E-state index in [0.717, 1.165) is 55.9 Å². The minimum atomic E-state index is 0.117. The van der Waals surface area contributed by atoms with Crippen LogP contribution in [0.2, 0.25) is 0 Å². The van der Waals surface area contributed by atoms with E-state index in [0.29, 0.717) is 5.11 Å². The zero-order valence-corrected chi connectivity index (χ0v) is 17.1. The molecule has 3 rings (SSSR count). The average Bonchev–Trinajstić information content (AvgIpc) is 2.75. The van der Waals surface area contributed by atoms with Gasteiger partial charge >= 0.3 is 0 Å². The number of carbonyl (C=O) groups excluding carboxylic acids is 1. The standard InChI is InChI=1S/C22H27N3O2S/c1-27-20-11-5-17(6-12-20)13-14-23-22(28)24-19-9-7-18(8-10-19)21(26)25-15-3-2-4-16-25/h5-12H,2-4,13-16H2,1H3,(H2,23,24,28). The van der Waals surface area contributed by atoms with Crippen LogP contribution in [0.5, 0.6) is 5.75 Å². The lowest BCUT2D eigenvalue weighted by atomic mass is 10.1. The molecule has 1 aliphatic rings. The Hall–Kier alpha value is -2.60. The smallest absolute Gasteiger partial charge is 0.253 e. The summed E-state index contributed by atoms with van der Waals surface area (Å²) in [6.07, 6.45) is 4.29. The van der Waals surface area contributed by atoms with Crippen molar-refractivity contribution in [2.45, 2.75) is 25.7 Å². The summed E-state index contributed by atoms with van der Waals surface area (Å²) in [5.41, 5.74) is 2.82. The van der Waals surface area contributed by atoms with Gasteiger partial charge in [0.1, 0.15) is 5.75 Å². The van der Waals surface area contributed by atoms with Crippen LogP contribution in [0, 0.1) is 0 Å². The Morgan fingerprint density at radius 3 is 2.36 bits per heavy atom. The van der Waals surface area contributed by atoms with Crippen molar-refractivity contribution in [2.24, 2.45) is 0 Å². The number of carbonyl (C=O) groups is 1. The predicted octanol–water partition coefficient (Wildman–Crippen LogP) is 3.85. The summed E-state index contributed by atoms with van der Waals surface area (Å²) in [5.74, 6) is 0.975. The zero-order chi connectivity index (χ0) is 19.8. The molecule has 0 bridgehead atoms. The topological polar surface area (TPSA) is 53.6 Å². The lowest BCUT2D eigenvalue weighted by Gasteiger charge is -2.26. The molecule has 148 valence electrons. The van der Waals surface area contributed by atoms with E-state index >= 15 is 0 Å². The number of thiocarbonyl (C=S) groups is 1. The van der Waals surface area contributed by atoms with Gasteiger partial charge in [-0.05, 0) is 79.9 Å². The van der Waals surface area contributed by atoms with E-state index in [1.165, 1.54) is 12.0 Å². The van der Waals surface area contributed by atoms with Gasteiger partial charge in [-0.3, -0.25) is 4.79 Å². The summed E-state index contributed by atoms with van der Waals surface area (Å²) >= 11 is 5.36. The van der Waals surface area contributed by atoms with Crippen LogP contribution in [0.4, 0.5) is 5.69 Å².